The van der Waals surface area contributed by atoms with Crippen molar-refractivity contribution in [3.05, 3.63) is 59.0 Å². The maximum Gasteiger partial charge on any atom is 0.251 e. The summed E-state index contributed by atoms with van der Waals surface area (Å²) < 4.78 is 31.5. The van der Waals surface area contributed by atoms with Gasteiger partial charge in [0.15, 0.2) is 4.96 Å². The fourth-order valence-electron chi connectivity index (χ4n) is 5.74. The average Bonchev–Trinajstić information content (AvgIpc) is 3.64. The van der Waals surface area contributed by atoms with Crippen LogP contribution in [0.5, 0.6) is 0 Å². The van der Waals surface area contributed by atoms with Crippen molar-refractivity contribution in [2.24, 2.45) is 0 Å². The molecule has 4 aromatic rings. The number of thiazole rings is 1. The monoisotopic (exact) mass is 609 g/mol. The Kier molecular flexibility index (Phi) is 10.1. The topological polar surface area (TPSA) is 61.7 Å². The number of carbonyl (C=O) groups is 1. The highest BCUT2D eigenvalue weighted by Gasteiger charge is 2.22. The molecule has 216 valence electrons. The zero-order valence-electron chi connectivity index (χ0n) is 22.4. The van der Waals surface area contributed by atoms with Gasteiger partial charge in [0, 0.05) is 42.5 Å². The van der Waals surface area contributed by atoms with Crippen molar-refractivity contribution in [1.82, 2.24) is 24.9 Å². The predicted octanol–water partition coefficient (Wildman–Crippen LogP) is 6.49. The van der Waals surface area contributed by atoms with Gasteiger partial charge >= 0.3 is 0 Å². The summed E-state index contributed by atoms with van der Waals surface area (Å²) in [5.41, 5.74) is 4.60. The third-order valence-corrected chi connectivity index (χ3v) is 8.91. The van der Waals surface area contributed by atoms with Gasteiger partial charge in [-0.1, -0.05) is 17.4 Å². The maximum atomic E-state index is 15.2. The summed E-state index contributed by atoms with van der Waals surface area (Å²) in [6, 6.07) is 11.4. The molecule has 2 N–H and O–H groups in total. The first-order valence-electron chi connectivity index (χ1n) is 13.6. The minimum absolute atomic E-state index is 0. The molecule has 1 amide bonds. The Morgan fingerprint density at radius 1 is 1.15 bits per heavy atom. The first-order chi connectivity index (χ1) is 18.5. The fraction of sp³-hybridized carbons (Fsp3) is 0.448. The summed E-state index contributed by atoms with van der Waals surface area (Å²) in [7, 11) is 0. The van der Waals surface area contributed by atoms with Gasteiger partial charge in [0.2, 0.25) is 0 Å². The van der Waals surface area contributed by atoms with Crippen LogP contribution >= 0.6 is 36.2 Å². The van der Waals surface area contributed by atoms with Gasteiger partial charge in [-0.25, -0.2) is 13.8 Å². The molecule has 0 bridgehead atoms. The molecule has 0 radical (unpaired) electrons. The molecule has 0 unspecified atom stereocenters. The molecular formula is C29H35Cl2F2N5OS. The largest absolute Gasteiger partial charge is 0.352 e. The van der Waals surface area contributed by atoms with Crippen molar-refractivity contribution < 1.29 is 13.6 Å². The molecule has 2 aliphatic heterocycles. The van der Waals surface area contributed by atoms with E-state index in [0.717, 1.165) is 71.9 Å². The summed E-state index contributed by atoms with van der Waals surface area (Å²) >= 11 is 1.50. The molecule has 0 spiro atoms. The average molecular weight is 611 g/mol. The van der Waals surface area contributed by atoms with Crippen LogP contribution in [0.2, 0.25) is 0 Å². The highest BCUT2D eigenvalue weighted by Crippen LogP contribution is 2.35. The first-order valence-corrected chi connectivity index (χ1v) is 14.4. The molecule has 1 atom stereocenters. The second kappa shape index (κ2) is 13.1. The number of alkyl halides is 1. The molecule has 2 aliphatic rings. The number of aryl methyl sites for hydroxylation is 1. The highest BCUT2D eigenvalue weighted by molar-refractivity contribution is 7.23. The zero-order chi connectivity index (χ0) is 26.2. The smallest absolute Gasteiger partial charge is 0.251 e. The minimum atomic E-state index is -0.664. The Morgan fingerprint density at radius 2 is 1.95 bits per heavy atom. The van der Waals surface area contributed by atoms with Gasteiger partial charge in [0.1, 0.15) is 12.0 Å². The number of aromatic nitrogens is 2. The van der Waals surface area contributed by atoms with Gasteiger partial charge in [-0.15, -0.1) is 24.8 Å². The first kappa shape index (κ1) is 30.7. The fourth-order valence-corrected chi connectivity index (χ4v) is 6.85. The number of halogens is 4. The quantitative estimate of drug-likeness (QED) is 0.235. The van der Waals surface area contributed by atoms with Crippen molar-refractivity contribution in [2.75, 3.05) is 32.7 Å². The number of nitrogens with one attached hydrogen (secondary N) is 2. The van der Waals surface area contributed by atoms with Crippen LogP contribution in [-0.4, -0.2) is 59.1 Å². The van der Waals surface area contributed by atoms with Crippen molar-refractivity contribution >= 4 is 57.2 Å². The van der Waals surface area contributed by atoms with Crippen LogP contribution in [0.25, 0.3) is 26.4 Å². The van der Waals surface area contributed by atoms with Crippen LogP contribution in [-0.2, 0) is 0 Å². The summed E-state index contributed by atoms with van der Waals surface area (Å²) in [6.07, 6.45) is 3.54. The Hall–Kier alpha value is -2.30. The second-order valence-electron chi connectivity index (χ2n) is 10.5. The van der Waals surface area contributed by atoms with E-state index in [9.17, 15) is 9.18 Å². The predicted molar refractivity (Wildman–Crippen MR) is 163 cm³/mol. The lowest BCUT2D eigenvalue weighted by Crippen LogP contribution is -2.36. The molecule has 2 fully saturated rings. The van der Waals surface area contributed by atoms with E-state index >= 15 is 4.39 Å². The van der Waals surface area contributed by atoms with E-state index in [1.165, 1.54) is 11.3 Å². The number of nitrogens with zero attached hydrogens (tertiary/aromatic N) is 3. The van der Waals surface area contributed by atoms with Crippen LogP contribution in [0, 0.1) is 12.7 Å². The van der Waals surface area contributed by atoms with Gasteiger partial charge in [-0.05, 0) is 88.0 Å². The lowest BCUT2D eigenvalue weighted by molar-refractivity contribution is 0.0950. The minimum Gasteiger partial charge on any atom is -0.352 e. The molecule has 0 aliphatic carbocycles. The van der Waals surface area contributed by atoms with Crippen molar-refractivity contribution in [3.63, 3.8) is 0 Å². The summed E-state index contributed by atoms with van der Waals surface area (Å²) in [5.74, 6) is -0.350. The van der Waals surface area contributed by atoms with Crippen molar-refractivity contribution in [3.8, 4) is 11.3 Å². The van der Waals surface area contributed by atoms with Crippen LogP contribution in [0.1, 0.15) is 59.8 Å². The Labute approximate surface area is 249 Å². The highest BCUT2D eigenvalue weighted by atomic mass is 35.5. The van der Waals surface area contributed by atoms with Crippen LogP contribution in [0.15, 0.2) is 36.4 Å². The van der Waals surface area contributed by atoms with E-state index < -0.39 is 6.17 Å². The lowest BCUT2D eigenvalue weighted by atomic mass is 10.0. The number of hydrogen-bond donors (Lipinski definition) is 2. The second-order valence-corrected chi connectivity index (χ2v) is 11.5. The Morgan fingerprint density at radius 3 is 2.67 bits per heavy atom. The van der Waals surface area contributed by atoms with E-state index in [1.54, 1.807) is 6.07 Å². The molecule has 6 rings (SSSR count). The van der Waals surface area contributed by atoms with E-state index in [-0.39, 0.29) is 42.6 Å². The number of piperidine rings is 1. The molecule has 2 aromatic carbocycles. The molecule has 6 nitrogen and oxygen atoms in total. The third kappa shape index (κ3) is 6.14. The lowest BCUT2D eigenvalue weighted by Gasteiger charge is -2.28. The van der Waals surface area contributed by atoms with Crippen molar-refractivity contribution in [1.29, 1.82) is 0 Å². The molecule has 40 heavy (non-hydrogen) atoms. The molecule has 11 heteroatoms. The SMILES string of the molecule is Cc1c(-c2ccc([C@@H]3CCCN3)cc2F)nc2sc3cc(C(=O)NCCCN4CCC(F)CC4)ccc3n12.Cl.Cl. The summed E-state index contributed by atoms with van der Waals surface area (Å²) in [4.78, 5) is 20.6. The normalized spacial score (nSPS) is 18.1. The third-order valence-electron chi connectivity index (χ3n) is 7.91. The number of hydrogen-bond acceptors (Lipinski definition) is 5. The maximum absolute atomic E-state index is 15.2. The van der Waals surface area contributed by atoms with E-state index in [4.69, 9.17) is 4.98 Å². The molecule has 4 heterocycles. The van der Waals surface area contributed by atoms with Gasteiger partial charge in [-0.3, -0.25) is 9.20 Å². The number of imidazole rings is 1. The van der Waals surface area contributed by atoms with E-state index in [0.29, 0.717) is 36.2 Å². The number of rotatable bonds is 7. The van der Waals surface area contributed by atoms with Gasteiger partial charge in [0.25, 0.3) is 5.91 Å². The van der Waals surface area contributed by atoms with Crippen LogP contribution in [0.4, 0.5) is 8.78 Å². The van der Waals surface area contributed by atoms with Crippen LogP contribution in [0.3, 0.4) is 0 Å². The molecule has 2 aromatic heterocycles. The Balaban J connectivity index is 0.00000185. The van der Waals surface area contributed by atoms with Gasteiger partial charge in [0.05, 0.1) is 15.9 Å². The molecule has 0 saturated carbocycles. The van der Waals surface area contributed by atoms with Gasteiger partial charge < -0.3 is 15.5 Å². The zero-order valence-corrected chi connectivity index (χ0v) is 24.9. The number of likely N-dealkylation sites (tertiary alicyclic amines) is 1. The number of carbonyl (C=O) groups excluding carboxylic acids is 1. The van der Waals surface area contributed by atoms with Crippen LogP contribution < -0.4 is 10.6 Å². The van der Waals surface area contributed by atoms with E-state index in [2.05, 4.69) is 15.5 Å². The molecular weight excluding hydrogens is 575 g/mol. The van der Waals surface area contributed by atoms with Crippen molar-refractivity contribution in [2.45, 2.75) is 51.2 Å². The number of benzene rings is 2. The van der Waals surface area contributed by atoms with E-state index in [1.807, 2.05) is 41.7 Å². The number of fused-ring (bicyclic) bond motifs is 3. The molecule has 2 saturated heterocycles. The summed E-state index contributed by atoms with van der Waals surface area (Å²) in [6.45, 7) is 5.99. The Bertz CT molecular complexity index is 1480. The standard InChI is InChI=1S/C29H33F2N5OS.2ClH/c1-18-27(22-7-5-19(16-23(22)31)24-4-2-11-32-24)34-29-36(18)25-8-6-20(17-26(25)38-29)28(37)33-12-3-13-35-14-9-21(30)10-15-35;;/h5-8,16-17,21,24,32H,2-4,9-15H2,1H3,(H,33,37);2*1H/t24-;;/m0../s1. The summed E-state index contributed by atoms with van der Waals surface area (Å²) in [5, 5.41) is 6.43. The number of amides is 1. The van der Waals surface area contributed by atoms with Gasteiger partial charge in [-0.2, -0.15) is 0 Å².